The van der Waals surface area contributed by atoms with Gasteiger partial charge >= 0.3 is 0 Å². The van der Waals surface area contributed by atoms with Gasteiger partial charge < -0.3 is 15.1 Å². The molecule has 1 aliphatic heterocycles. The third-order valence-electron chi connectivity index (χ3n) is 5.91. The van der Waals surface area contributed by atoms with Gasteiger partial charge in [0, 0.05) is 55.4 Å². The summed E-state index contributed by atoms with van der Waals surface area (Å²) in [5, 5.41) is 2.98. The molecule has 1 N–H and O–H groups in total. The summed E-state index contributed by atoms with van der Waals surface area (Å²) in [5.74, 6) is -0.0375. The van der Waals surface area contributed by atoms with Crippen LogP contribution in [0.2, 0.25) is 0 Å². The van der Waals surface area contributed by atoms with Crippen molar-refractivity contribution >= 4 is 11.6 Å². The van der Waals surface area contributed by atoms with Crippen LogP contribution in [0.4, 0.5) is 10.1 Å². The molecule has 7 heteroatoms. The Hall–Kier alpha value is -3.32. The number of nitrogens with zero attached hydrogens (tertiary/aromatic N) is 4. The number of likely N-dealkylation sites (N-methyl/N-ethyl adjacent to an activating group) is 1. The van der Waals surface area contributed by atoms with E-state index in [1.54, 1.807) is 0 Å². The fraction of sp³-hybridized carbons (Fsp3) is 0.320. The number of carbonyl (C=O) groups excluding carboxylic acids is 1. The van der Waals surface area contributed by atoms with Crippen molar-refractivity contribution in [3.63, 3.8) is 0 Å². The lowest BCUT2D eigenvalue weighted by Crippen LogP contribution is -2.46. The normalized spacial score (nSPS) is 15.4. The highest BCUT2D eigenvalue weighted by molar-refractivity contribution is 5.94. The predicted molar refractivity (Wildman–Crippen MR) is 124 cm³/mol. The Morgan fingerprint density at radius 2 is 1.75 bits per heavy atom. The predicted octanol–water partition coefficient (Wildman–Crippen LogP) is 3.92. The van der Waals surface area contributed by atoms with Crippen molar-refractivity contribution in [3.05, 3.63) is 77.9 Å². The van der Waals surface area contributed by atoms with Gasteiger partial charge in [0.2, 0.25) is 0 Å². The molecule has 3 aromatic rings. The molecule has 2 heterocycles. The molecule has 0 radical (unpaired) electrons. The molecule has 0 saturated carbocycles. The lowest BCUT2D eigenvalue weighted by molar-refractivity contribution is 0.0939. The van der Waals surface area contributed by atoms with Crippen LogP contribution in [0, 0.1) is 5.82 Å². The maximum Gasteiger partial charge on any atom is 0.254 e. The first-order chi connectivity index (χ1) is 15.5. The lowest BCUT2D eigenvalue weighted by Gasteiger charge is -2.37. The molecular formula is C25H28FN5O. The van der Waals surface area contributed by atoms with Gasteiger partial charge in [0.1, 0.15) is 5.82 Å². The molecule has 1 amide bonds. The first kappa shape index (κ1) is 21.9. The molecule has 1 aromatic heterocycles. The first-order valence-electron chi connectivity index (χ1n) is 11.0. The Labute approximate surface area is 188 Å². The van der Waals surface area contributed by atoms with Crippen LogP contribution in [-0.4, -0.2) is 53.5 Å². The third-order valence-corrected chi connectivity index (χ3v) is 5.91. The van der Waals surface area contributed by atoms with Gasteiger partial charge in [-0.1, -0.05) is 37.3 Å². The summed E-state index contributed by atoms with van der Waals surface area (Å²) in [4.78, 5) is 26.1. The van der Waals surface area contributed by atoms with Crippen molar-refractivity contribution in [1.29, 1.82) is 0 Å². The topological polar surface area (TPSA) is 61.4 Å². The minimum Gasteiger partial charge on any atom is -0.369 e. The number of anilines is 1. The van der Waals surface area contributed by atoms with Crippen molar-refractivity contribution in [3.8, 4) is 11.4 Å². The van der Waals surface area contributed by atoms with Gasteiger partial charge in [-0.05, 0) is 31.7 Å². The smallest absolute Gasteiger partial charge is 0.254 e. The van der Waals surface area contributed by atoms with Gasteiger partial charge in [-0.15, -0.1) is 0 Å². The number of halogens is 1. The number of hydrogen-bond acceptors (Lipinski definition) is 5. The molecule has 0 bridgehead atoms. The highest BCUT2D eigenvalue weighted by Gasteiger charge is 2.22. The zero-order chi connectivity index (χ0) is 22.5. The van der Waals surface area contributed by atoms with E-state index < -0.39 is 0 Å². The number of nitrogens with one attached hydrogen (secondary N) is 1. The summed E-state index contributed by atoms with van der Waals surface area (Å²) in [6, 6.07) is 14.0. The number of hydrogen-bond donors (Lipinski definition) is 1. The van der Waals surface area contributed by atoms with Crippen LogP contribution in [0.5, 0.6) is 0 Å². The quantitative estimate of drug-likeness (QED) is 0.639. The van der Waals surface area contributed by atoms with E-state index in [0.29, 0.717) is 11.4 Å². The van der Waals surface area contributed by atoms with Gasteiger partial charge in [-0.2, -0.15) is 0 Å². The Kier molecular flexibility index (Phi) is 6.75. The SMILES string of the molecule is CCN1CCN(c2ccc(F)cc2C(C)NC(=O)c2cnc(-c3ccccc3)nc2)CC1. The number of amides is 1. The van der Waals surface area contributed by atoms with Crippen LogP contribution in [0.25, 0.3) is 11.4 Å². The molecule has 1 aliphatic rings. The second-order valence-electron chi connectivity index (χ2n) is 7.98. The Balaban J connectivity index is 1.48. The van der Waals surface area contributed by atoms with Crippen LogP contribution in [0.1, 0.15) is 35.8 Å². The molecule has 1 saturated heterocycles. The molecule has 0 aliphatic carbocycles. The van der Waals surface area contributed by atoms with E-state index in [1.165, 1.54) is 24.5 Å². The van der Waals surface area contributed by atoms with Crippen LogP contribution in [0.3, 0.4) is 0 Å². The third kappa shape index (κ3) is 4.94. The number of aromatic nitrogens is 2. The van der Waals surface area contributed by atoms with Crippen molar-refractivity contribution in [2.45, 2.75) is 19.9 Å². The second-order valence-corrected chi connectivity index (χ2v) is 7.98. The molecule has 4 rings (SSSR count). The van der Waals surface area contributed by atoms with Gasteiger partial charge in [0.15, 0.2) is 5.82 Å². The van der Waals surface area contributed by atoms with Crippen LogP contribution in [-0.2, 0) is 0 Å². The van der Waals surface area contributed by atoms with Crippen LogP contribution >= 0.6 is 0 Å². The van der Waals surface area contributed by atoms with Crippen molar-refractivity contribution in [2.24, 2.45) is 0 Å². The van der Waals surface area contributed by atoms with Crippen LogP contribution < -0.4 is 10.2 Å². The molecule has 166 valence electrons. The van der Waals surface area contributed by atoms with Gasteiger partial charge in [0.05, 0.1) is 11.6 Å². The Bertz CT molecular complexity index is 1050. The number of piperazine rings is 1. The van der Waals surface area contributed by atoms with E-state index in [9.17, 15) is 9.18 Å². The zero-order valence-electron chi connectivity index (χ0n) is 18.5. The highest BCUT2D eigenvalue weighted by atomic mass is 19.1. The molecule has 6 nitrogen and oxygen atoms in total. The summed E-state index contributed by atoms with van der Waals surface area (Å²) < 4.78 is 14.1. The first-order valence-corrected chi connectivity index (χ1v) is 11.0. The van der Waals surface area contributed by atoms with E-state index in [-0.39, 0.29) is 17.8 Å². The van der Waals surface area contributed by atoms with Crippen molar-refractivity contribution < 1.29 is 9.18 Å². The molecular weight excluding hydrogens is 405 g/mol. The van der Waals surface area contributed by atoms with Gasteiger partial charge in [-0.3, -0.25) is 4.79 Å². The number of benzene rings is 2. The standard InChI is InChI=1S/C25H28FN5O/c1-3-30-11-13-31(14-12-30)23-10-9-21(26)15-22(23)18(2)29-25(32)20-16-27-24(28-17-20)19-7-5-4-6-8-19/h4-10,15-18H,3,11-14H2,1-2H3,(H,29,32). The summed E-state index contributed by atoms with van der Waals surface area (Å²) >= 11 is 0. The molecule has 1 unspecified atom stereocenters. The highest BCUT2D eigenvalue weighted by Crippen LogP contribution is 2.28. The summed E-state index contributed by atoms with van der Waals surface area (Å²) in [5.41, 5.74) is 2.99. The van der Waals surface area contributed by atoms with E-state index in [4.69, 9.17) is 0 Å². The number of rotatable bonds is 6. The average molecular weight is 434 g/mol. The Morgan fingerprint density at radius 1 is 1.06 bits per heavy atom. The van der Waals surface area contributed by atoms with Crippen LogP contribution in [0.15, 0.2) is 60.9 Å². The largest absolute Gasteiger partial charge is 0.369 e. The minimum atomic E-state index is -0.369. The molecule has 2 aromatic carbocycles. The minimum absolute atomic E-state index is 0.289. The van der Waals surface area contributed by atoms with E-state index in [0.717, 1.165) is 49.5 Å². The summed E-state index contributed by atoms with van der Waals surface area (Å²) in [6.45, 7) is 8.76. The fourth-order valence-corrected chi connectivity index (χ4v) is 4.00. The maximum atomic E-state index is 14.1. The fourth-order valence-electron chi connectivity index (χ4n) is 4.00. The molecule has 32 heavy (non-hydrogen) atoms. The monoisotopic (exact) mass is 433 g/mol. The Morgan fingerprint density at radius 3 is 2.41 bits per heavy atom. The zero-order valence-corrected chi connectivity index (χ0v) is 18.5. The van der Waals surface area contributed by atoms with E-state index in [2.05, 4.69) is 32.0 Å². The van der Waals surface area contributed by atoms with E-state index in [1.807, 2.05) is 43.3 Å². The lowest BCUT2D eigenvalue weighted by atomic mass is 10.0. The second kappa shape index (κ2) is 9.87. The van der Waals surface area contributed by atoms with E-state index >= 15 is 0 Å². The summed E-state index contributed by atoms with van der Waals surface area (Å²) in [7, 11) is 0. The molecule has 1 fully saturated rings. The molecule has 1 atom stereocenters. The van der Waals surface area contributed by atoms with Gasteiger partial charge in [0.25, 0.3) is 5.91 Å². The van der Waals surface area contributed by atoms with Crippen molar-refractivity contribution in [1.82, 2.24) is 20.2 Å². The van der Waals surface area contributed by atoms with Gasteiger partial charge in [-0.25, -0.2) is 14.4 Å². The number of carbonyl (C=O) groups is 1. The molecule has 0 spiro atoms. The summed E-state index contributed by atoms with van der Waals surface area (Å²) in [6.07, 6.45) is 3.04. The maximum absolute atomic E-state index is 14.1. The van der Waals surface area contributed by atoms with Crippen molar-refractivity contribution in [2.75, 3.05) is 37.6 Å². The average Bonchev–Trinajstić information content (AvgIpc) is 2.84.